The Morgan fingerprint density at radius 3 is 2.52 bits per heavy atom. The summed E-state index contributed by atoms with van der Waals surface area (Å²) < 4.78 is 16.3. The Balaban J connectivity index is 1.48. The largest absolute Gasteiger partial charge is 0.478 e. The summed E-state index contributed by atoms with van der Waals surface area (Å²) in [4.78, 5) is 29.5. The maximum atomic E-state index is 14.2. The van der Waals surface area contributed by atoms with Crippen LogP contribution in [0.25, 0.3) is 10.9 Å². The van der Waals surface area contributed by atoms with Gasteiger partial charge < -0.3 is 19.5 Å². The van der Waals surface area contributed by atoms with Gasteiger partial charge in [0.15, 0.2) is 5.78 Å². The summed E-state index contributed by atoms with van der Waals surface area (Å²) in [7, 11) is 2.12. The molecule has 1 aliphatic carbocycles. The zero-order valence-corrected chi connectivity index (χ0v) is 18.8. The summed E-state index contributed by atoms with van der Waals surface area (Å²) in [5.74, 6) is -1.26. The van der Waals surface area contributed by atoms with Crippen LogP contribution in [0, 0.1) is 11.7 Å². The van der Waals surface area contributed by atoms with Crippen molar-refractivity contribution in [1.29, 1.82) is 0 Å². The second kappa shape index (κ2) is 8.72. The van der Waals surface area contributed by atoms with E-state index in [2.05, 4.69) is 21.4 Å². The molecule has 0 bridgehead atoms. The molecule has 0 spiro atoms. The van der Waals surface area contributed by atoms with Gasteiger partial charge in [0.2, 0.25) is 0 Å². The van der Waals surface area contributed by atoms with Gasteiger partial charge in [0.25, 0.3) is 0 Å². The van der Waals surface area contributed by atoms with E-state index in [1.54, 1.807) is 30.3 Å². The van der Waals surface area contributed by atoms with E-state index in [-0.39, 0.29) is 23.1 Å². The first kappa shape index (κ1) is 21.8. The van der Waals surface area contributed by atoms with E-state index < -0.39 is 5.97 Å². The second-order valence-corrected chi connectivity index (χ2v) is 9.28. The molecule has 5 rings (SSSR count). The number of carbonyl (C=O) groups is 2. The van der Waals surface area contributed by atoms with Gasteiger partial charge in [0.05, 0.1) is 5.56 Å². The first-order valence-corrected chi connectivity index (χ1v) is 11.5. The van der Waals surface area contributed by atoms with E-state index in [9.17, 15) is 14.0 Å². The predicted octanol–water partition coefficient (Wildman–Crippen LogP) is 3.52. The lowest BCUT2D eigenvalue weighted by molar-refractivity contribution is 0.0696. The average molecular weight is 450 g/mol. The standard InChI is InChI=1S/C26H28FN3O3/c1-28-10-12-29(13-11-28)16-19-6-8-23-24(25(19)31)21-14-20(27)7-9-22(21)30(23)15-17-2-4-18(5-3-17)26(32)33/h2-5,7,9,14,19H,6,8,10-13,15-16H2,1H3,(H,32,33). The van der Waals surface area contributed by atoms with Crippen molar-refractivity contribution >= 4 is 22.7 Å². The topological polar surface area (TPSA) is 65.8 Å². The molecule has 2 heterocycles. The van der Waals surface area contributed by atoms with E-state index in [0.29, 0.717) is 17.5 Å². The van der Waals surface area contributed by atoms with Crippen molar-refractivity contribution in [1.82, 2.24) is 14.4 Å². The molecule has 1 fully saturated rings. The SMILES string of the molecule is CN1CCN(CC2CCc3c(c4cc(F)ccc4n3Cc3ccc(C(=O)O)cc3)C2=O)CC1. The molecular formula is C26H28FN3O3. The number of Topliss-reactive ketones (excluding diaryl/α,β-unsaturated/α-hetero) is 1. The molecule has 33 heavy (non-hydrogen) atoms. The van der Waals surface area contributed by atoms with Crippen molar-refractivity contribution in [2.75, 3.05) is 39.8 Å². The highest BCUT2D eigenvalue weighted by molar-refractivity contribution is 6.11. The van der Waals surface area contributed by atoms with Crippen LogP contribution in [0.3, 0.4) is 0 Å². The molecule has 3 aromatic rings. The smallest absolute Gasteiger partial charge is 0.335 e. The highest BCUT2D eigenvalue weighted by Gasteiger charge is 2.34. The van der Waals surface area contributed by atoms with Gasteiger partial charge in [-0.15, -0.1) is 0 Å². The molecule has 2 aliphatic rings. The van der Waals surface area contributed by atoms with E-state index in [4.69, 9.17) is 5.11 Å². The van der Waals surface area contributed by atoms with E-state index in [1.165, 1.54) is 12.1 Å². The zero-order chi connectivity index (χ0) is 23.1. The number of rotatable bonds is 5. The van der Waals surface area contributed by atoms with Crippen LogP contribution in [-0.2, 0) is 13.0 Å². The monoisotopic (exact) mass is 449 g/mol. The number of aromatic nitrogens is 1. The predicted molar refractivity (Wildman–Crippen MR) is 124 cm³/mol. The summed E-state index contributed by atoms with van der Waals surface area (Å²) in [6.45, 7) is 5.22. The van der Waals surface area contributed by atoms with Gasteiger partial charge in [-0.3, -0.25) is 4.79 Å². The molecule has 6 nitrogen and oxygen atoms in total. The zero-order valence-electron chi connectivity index (χ0n) is 18.8. The van der Waals surface area contributed by atoms with Crippen molar-refractivity contribution < 1.29 is 19.1 Å². The summed E-state index contributed by atoms with van der Waals surface area (Å²) in [5.41, 5.74) is 3.64. The third kappa shape index (κ3) is 4.18. The van der Waals surface area contributed by atoms with Crippen molar-refractivity contribution in [3.05, 3.63) is 70.7 Å². The van der Waals surface area contributed by atoms with Crippen molar-refractivity contribution in [2.45, 2.75) is 19.4 Å². The Kier molecular flexibility index (Phi) is 5.76. The Bertz CT molecular complexity index is 1210. The van der Waals surface area contributed by atoms with Gasteiger partial charge in [-0.05, 0) is 55.8 Å². The molecule has 1 unspecified atom stereocenters. The number of nitrogens with zero attached hydrogens (tertiary/aromatic N) is 3. The summed E-state index contributed by atoms with van der Waals surface area (Å²) in [6.07, 6.45) is 1.55. The van der Waals surface area contributed by atoms with Crippen LogP contribution in [-0.4, -0.2) is 71.0 Å². The third-order valence-electron chi connectivity index (χ3n) is 7.10. The molecule has 7 heteroatoms. The van der Waals surface area contributed by atoms with Gasteiger partial charge >= 0.3 is 5.97 Å². The molecular weight excluding hydrogens is 421 g/mol. The number of ketones is 1. The molecule has 1 aliphatic heterocycles. The minimum absolute atomic E-state index is 0.0712. The normalized spacial score (nSPS) is 19.7. The van der Waals surface area contributed by atoms with Crippen molar-refractivity contribution in [2.24, 2.45) is 5.92 Å². The summed E-state index contributed by atoms with van der Waals surface area (Å²) in [5, 5.41) is 9.84. The second-order valence-electron chi connectivity index (χ2n) is 9.28. The Labute approximate surface area is 192 Å². The van der Waals surface area contributed by atoms with Crippen LogP contribution in [0.15, 0.2) is 42.5 Å². The number of benzene rings is 2. The number of carboxylic acids is 1. The number of hydrogen-bond acceptors (Lipinski definition) is 4. The molecule has 0 amide bonds. The number of halogens is 1. The van der Waals surface area contributed by atoms with E-state index in [0.717, 1.165) is 62.3 Å². The van der Waals surface area contributed by atoms with Crippen LogP contribution in [0.4, 0.5) is 4.39 Å². The van der Waals surface area contributed by atoms with Crippen LogP contribution >= 0.6 is 0 Å². The maximum Gasteiger partial charge on any atom is 0.335 e. The van der Waals surface area contributed by atoms with E-state index in [1.807, 2.05) is 0 Å². The Morgan fingerprint density at radius 2 is 1.82 bits per heavy atom. The number of fused-ring (bicyclic) bond motifs is 3. The van der Waals surface area contributed by atoms with Crippen LogP contribution in [0.2, 0.25) is 0 Å². The Hall–Kier alpha value is -3.03. The lowest BCUT2D eigenvalue weighted by Crippen LogP contribution is -2.47. The molecule has 1 atom stereocenters. The first-order chi connectivity index (χ1) is 15.9. The first-order valence-electron chi connectivity index (χ1n) is 11.5. The molecule has 2 aromatic carbocycles. The number of likely N-dealkylation sites (N-methyl/N-ethyl adjacent to an activating group) is 1. The Morgan fingerprint density at radius 1 is 1.09 bits per heavy atom. The molecule has 0 radical (unpaired) electrons. The van der Waals surface area contributed by atoms with Gasteiger partial charge in [0.1, 0.15) is 5.82 Å². The van der Waals surface area contributed by atoms with Gasteiger partial charge in [-0.2, -0.15) is 0 Å². The van der Waals surface area contributed by atoms with Crippen LogP contribution < -0.4 is 0 Å². The molecule has 1 aromatic heterocycles. The average Bonchev–Trinajstić information content (AvgIpc) is 3.10. The van der Waals surface area contributed by atoms with Crippen LogP contribution in [0.1, 0.15) is 38.4 Å². The fourth-order valence-corrected chi connectivity index (χ4v) is 5.19. The minimum atomic E-state index is -0.960. The van der Waals surface area contributed by atoms with Gasteiger partial charge in [-0.25, -0.2) is 9.18 Å². The molecule has 1 saturated heterocycles. The van der Waals surface area contributed by atoms with E-state index >= 15 is 0 Å². The van der Waals surface area contributed by atoms with Crippen molar-refractivity contribution in [3.63, 3.8) is 0 Å². The lowest BCUT2D eigenvalue weighted by atomic mass is 9.84. The minimum Gasteiger partial charge on any atom is -0.478 e. The molecule has 172 valence electrons. The highest BCUT2D eigenvalue weighted by atomic mass is 19.1. The van der Waals surface area contributed by atoms with Crippen molar-refractivity contribution in [3.8, 4) is 0 Å². The number of piperazine rings is 1. The lowest BCUT2D eigenvalue weighted by Gasteiger charge is -2.35. The number of hydrogen-bond donors (Lipinski definition) is 1. The number of carbonyl (C=O) groups excluding carboxylic acids is 1. The third-order valence-corrected chi connectivity index (χ3v) is 7.10. The van der Waals surface area contributed by atoms with Crippen LogP contribution in [0.5, 0.6) is 0 Å². The van der Waals surface area contributed by atoms with Gasteiger partial charge in [0, 0.05) is 67.3 Å². The fourth-order valence-electron chi connectivity index (χ4n) is 5.19. The highest BCUT2D eigenvalue weighted by Crippen LogP contribution is 2.36. The summed E-state index contributed by atoms with van der Waals surface area (Å²) >= 11 is 0. The number of aromatic carboxylic acids is 1. The quantitative estimate of drug-likeness (QED) is 0.646. The van der Waals surface area contributed by atoms with Gasteiger partial charge in [-0.1, -0.05) is 12.1 Å². The molecule has 1 N–H and O–H groups in total. The fraction of sp³-hybridized carbons (Fsp3) is 0.385. The maximum absolute atomic E-state index is 14.2. The number of carboxylic acid groups (broad SMARTS) is 1. The summed E-state index contributed by atoms with van der Waals surface area (Å²) in [6, 6.07) is 11.4. The molecule has 0 saturated carbocycles.